The van der Waals surface area contributed by atoms with Crippen LogP contribution in [0.15, 0.2) is 24.3 Å². The first-order chi connectivity index (χ1) is 8.08. The quantitative estimate of drug-likeness (QED) is 0.878. The van der Waals surface area contributed by atoms with Gasteiger partial charge in [-0.15, -0.1) is 0 Å². The Morgan fingerprint density at radius 2 is 1.76 bits per heavy atom. The number of nitrogens with two attached hydrogens (primary N) is 1. The maximum atomic E-state index is 5.89. The summed E-state index contributed by atoms with van der Waals surface area (Å²) in [6.45, 7) is 4.14. The summed E-state index contributed by atoms with van der Waals surface area (Å²) in [4.78, 5) is 0. The Morgan fingerprint density at radius 3 is 2.29 bits per heavy atom. The highest BCUT2D eigenvalue weighted by Gasteiger charge is 2.08. The van der Waals surface area contributed by atoms with Crippen LogP contribution in [-0.2, 0) is 19.9 Å². The monoisotopic (exact) mass is 229 g/mol. The lowest BCUT2D eigenvalue weighted by Gasteiger charge is -2.01. The fraction of sp³-hybridized carbons (Fsp3) is 0.357. The third-order valence-electron chi connectivity index (χ3n) is 3.21. The van der Waals surface area contributed by atoms with Gasteiger partial charge in [0.25, 0.3) is 0 Å². The second kappa shape index (κ2) is 4.62. The summed E-state index contributed by atoms with van der Waals surface area (Å²) in [5, 5.41) is 4.43. The maximum Gasteiger partial charge on any atom is 0.124 e. The summed E-state index contributed by atoms with van der Waals surface area (Å²) in [5.74, 6) is 0.768. The molecule has 1 aromatic carbocycles. The van der Waals surface area contributed by atoms with Crippen LogP contribution < -0.4 is 5.73 Å². The topological polar surface area (TPSA) is 43.8 Å². The van der Waals surface area contributed by atoms with E-state index in [1.54, 1.807) is 4.68 Å². The Bertz CT molecular complexity index is 509. The molecule has 0 saturated carbocycles. The van der Waals surface area contributed by atoms with Gasteiger partial charge in [0.15, 0.2) is 0 Å². The minimum absolute atomic E-state index is 0.768. The van der Waals surface area contributed by atoms with Gasteiger partial charge >= 0.3 is 0 Å². The molecule has 3 heteroatoms. The summed E-state index contributed by atoms with van der Waals surface area (Å²) in [6.07, 6.45) is 1.96. The molecular weight excluding hydrogens is 210 g/mol. The van der Waals surface area contributed by atoms with Crippen LogP contribution in [-0.4, -0.2) is 9.78 Å². The summed E-state index contributed by atoms with van der Waals surface area (Å²) in [5.41, 5.74) is 10.7. The van der Waals surface area contributed by atoms with Gasteiger partial charge in [-0.1, -0.05) is 29.8 Å². The van der Waals surface area contributed by atoms with Crippen LogP contribution in [0.2, 0.25) is 0 Å². The molecule has 1 heterocycles. The Hall–Kier alpha value is -1.77. The van der Waals surface area contributed by atoms with Crippen LogP contribution in [0.3, 0.4) is 0 Å². The van der Waals surface area contributed by atoms with E-state index in [1.165, 1.54) is 11.1 Å². The SMILES string of the molecule is Cc1ccc(CCc2nn(C)c(N)c2C)cc1. The number of anilines is 1. The van der Waals surface area contributed by atoms with Crippen molar-refractivity contribution in [1.29, 1.82) is 0 Å². The molecule has 1 aromatic heterocycles. The van der Waals surface area contributed by atoms with Gasteiger partial charge in [-0.2, -0.15) is 5.10 Å². The standard InChI is InChI=1S/C14H19N3/c1-10-4-6-12(7-5-10)8-9-13-11(2)14(15)17(3)16-13/h4-7H,8-9,15H2,1-3H3. The van der Waals surface area contributed by atoms with Gasteiger partial charge in [-0.05, 0) is 32.3 Å². The zero-order valence-electron chi connectivity index (χ0n) is 10.7. The maximum absolute atomic E-state index is 5.89. The molecule has 0 fully saturated rings. The molecule has 2 rings (SSSR count). The fourth-order valence-corrected chi connectivity index (χ4v) is 1.96. The van der Waals surface area contributed by atoms with E-state index in [-0.39, 0.29) is 0 Å². The van der Waals surface area contributed by atoms with Crippen molar-refractivity contribution in [2.75, 3.05) is 5.73 Å². The van der Waals surface area contributed by atoms with Gasteiger partial charge in [0.05, 0.1) is 5.69 Å². The smallest absolute Gasteiger partial charge is 0.124 e. The van der Waals surface area contributed by atoms with E-state index in [9.17, 15) is 0 Å². The lowest BCUT2D eigenvalue weighted by molar-refractivity contribution is 0.745. The number of nitrogens with zero attached hydrogens (tertiary/aromatic N) is 2. The van der Waals surface area contributed by atoms with Crippen molar-refractivity contribution in [3.05, 3.63) is 46.6 Å². The van der Waals surface area contributed by atoms with Gasteiger partial charge in [-0.25, -0.2) is 0 Å². The molecule has 0 saturated heterocycles. The molecule has 2 N–H and O–H groups in total. The average molecular weight is 229 g/mol. The Morgan fingerprint density at radius 1 is 1.12 bits per heavy atom. The molecule has 0 aliphatic rings. The third kappa shape index (κ3) is 2.49. The van der Waals surface area contributed by atoms with Crippen molar-refractivity contribution >= 4 is 5.82 Å². The van der Waals surface area contributed by atoms with E-state index in [4.69, 9.17) is 5.73 Å². The van der Waals surface area contributed by atoms with Crippen molar-refractivity contribution in [1.82, 2.24) is 9.78 Å². The normalized spacial score (nSPS) is 10.8. The molecule has 0 amide bonds. The Kier molecular flexibility index (Phi) is 3.18. The number of nitrogen functional groups attached to an aromatic ring is 1. The first kappa shape index (κ1) is 11.7. The highest BCUT2D eigenvalue weighted by molar-refractivity contribution is 5.42. The van der Waals surface area contributed by atoms with Crippen molar-refractivity contribution in [2.45, 2.75) is 26.7 Å². The van der Waals surface area contributed by atoms with Gasteiger partial charge in [-0.3, -0.25) is 4.68 Å². The predicted octanol–water partition coefficient (Wildman–Crippen LogP) is 2.40. The van der Waals surface area contributed by atoms with E-state index in [1.807, 2.05) is 14.0 Å². The van der Waals surface area contributed by atoms with Crippen LogP contribution in [0.1, 0.15) is 22.4 Å². The van der Waals surface area contributed by atoms with Crippen molar-refractivity contribution in [3.63, 3.8) is 0 Å². The van der Waals surface area contributed by atoms with Crippen LogP contribution >= 0.6 is 0 Å². The highest BCUT2D eigenvalue weighted by atomic mass is 15.3. The largest absolute Gasteiger partial charge is 0.384 e. The summed E-state index contributed by atoms with van der Waals surface area (Å²) < 4.78 is 1.75. The van der Waals surface area contributed by atoms with E-state index in [2.05, 4.69) is 36.3 Å². The Labute approximate surface area is 102 Å². The number of benzene rings is 1. The minimum Gasteiger partial charge on any atom is -0.384 e. The van der Waals surface area contributed by atoms with Gasteiger partial charge in [0, 0.05) is 12.6 Å². The predicted molar refractivity (Wildman–Crippen MR) is 70.9 cm³/mol. The zero-order chi connectivity index (χ0) is 12.4. The number of aromatic nitrogens is 2. The number of aryl methyl sites for hydroxylation is 4. The minimum atomic E-state index is 0.768. The Balaban J connectivity index is 2.07. The molecule has 0 aliphatic heterocycles. The first-order valence-electron chi connectivity index (χ1n) is 5.91. The second-order valence-corrected chi connectivity index (χ2v) is 4.57. The molecule has 90 valence electrons. The van der Waals surface area contributed by atoms with Crippen molar-refractivity contribution in [3.8, 4) is 0 Å². The van der Waals surface area contributed by atoms with Gasteiger partial charge < -0.3 is 5.73 Å². The molecule has 0 unspecified atom stereocenters. The molecule has 0 spiro atoms. The van der Waals surface area contributed by atoms with E-state index in [0.29, 0.717) is 0 Å². The zero-order valence-corrected chi connectivity index (χ0v) is 10.7. The fourth-order valence-electron chi connectivity index (χ4n) is 1.96. The molecule has 0 bridgehead atoms. The summed E-state index contributed by atoms with van der Waals surface area (Å²) >= 11 is 0. The van der Waals surface area contributed by atoms with Gasteiger partial charge in [0.2, 0.25) is 0 Å². The lowest BCUT2D eigenvalue weighted by Crippen LogP contribution is -1.98. The van der Waals surface area contributed by atoms with Crippen molar-refractivity contribution in [2.24, 2.45) is 7.05 Å². The van der Waals surface area contributed by atoms with Crippen LogP contribution in [0, 0.1) is 13.8 Å². The van der Waals surface area contributed by atoms with Crippen LogP contribution in [0.5, 0.6) is 0 Å². The van der Waals surface area contributed by atoms with Crippen molar-refractivity contribution < 1.29 is 0 Å². The second-order valence-electron chi connectivity index (χ2n) is 4.57. The van der Waals surface area contributed by atoms with Crippen LogP contribution in [0.4, 0.5) is 5.82 Å². The molecule has 2 aromatic rings. The van der Waals surface area contributed by atoms with E-state index in [0.717, 1.165) is 29.9 Å². The first-order valence-corrected chi connectivity index (χ1v) is 5.91. The summed E-state index contributed by atoms with van der Waals surface area (Å²) in [6, 6.07) is 8.65. The number of hydrogen-bond acceptors (Lipinski definition) is 2. The third-order valence-corrected chi connectivity index (χ3v) is 3.21. The van der Waals surface area contributed by atoms with Crippen LogP contribution in [0.25, 0.3) is 0 Å². The lowest BCUT2D eigenvalue weighted by atomic mass is 10.1. The molecule has 3 nitrogen and oxygen atoms in total. The average Bonchev–Trinajstić information content (AvgIpc) is 2.56. The molecule has 0 atom stereocenters. The number of hydrogen-bond donors (Lipinski definition) is 1. The van der Waals surface area contributed by atoms with Gasteiger partial charge in [0.1, 0.15) is 5.82 Å². The number of rotatable bonds is 3. The molecule has 0 radical (unpaired) electrons. The molecular formula is C14H19N3. The highest BCUT2D eigenvalue weighted by Crippen LogP contribution is 2.16. The summed E-state index contributed by atoms with van der Waals surface area (Å²) in [7, 11) is 1.89. The van der Waals surface area contributed by atoms with E-state index < -0.39 is 0 Å². The van der Waals surface area contributed by atoms with E-state index >= 15 is 0 Å². The molecule has 17 heavy (non-hydrogen) atoms. The molecule has 0 aliphatic carbocycles.